The van der Waals surface area contributed by atoms with Crippen molar-refractivity contribution in [2.75, 3.05) is 25.0 Å². The van der Waals surface area contributed by atoms with Gasteiger partial charge < -0.3 is 10.2 Å². The third-order valence-electron chi connectivity index (χ3n) is 5.00. The van der Waals surface area contributed by atoms with E-state index < -0.39 is 45.8 Å². The number of sulfonamides is 1. The first kappa shape index (κ1) is 26.3. The summed E-state index contributed by atoms with van der Waals surface area (Å²) in [5.41, 5.74) is 0.358. The van der Waals surface area contributed by atoms with Crippen LogP contribution in [0.4, 0.5) is 18.9 Å². The van der Waals surface area contributed by atoms with E-state index in [1.165, 1.54) is 24.3 Å². The van der Waals surface area contributed by atoms with E-state index in [4.69, 9.17) is 0 Å². The van der Waals surface area contributed by atoms with Gasteiger partial charge in [0.15, 0.2) is 0 Å². The Morgan fingerprint density at radius 2 is 1.70 bits per heavy atom. The van der Waals surface area contributed by atoms with Crippen LogP contribution >= 0.6 is 0 Å². The molecule has 33 heavy (non-hydrogen) atoms. The average molecular weight is 486 g/mol. The molecule has 11 heteroatoms. The first-order chi connectivity index (χ1) is 15.3. The molecule has 2 N–H and O–H groups in total. The summed E-state index contributed by atoms with van der Waals surface area (Å²) in [4.78, 5) is 25.9. The molecule has 0 atom stereocenters. The van der Waals surface area contributed by atoms with Gasteiger partial charge in [-0.1, -0.05) is 18.2 Å². The van der Waals surface area contributed by atoms with E-state index in [9.17, 15) is 31.2 Å². The van der Waals surface area contributed by atoms with Gasteiger partial charge in [-0.05, 0) is 56.2 Å². The third-order valence-corrected chi connectivity index (χ3v) is 6.45. The van der Waals surface area contributed by atoms with Gasteiger partial charge in [0.2, 0.25) is 21.8 Å². The fraction of sp³-hybridized carbons (Fsp3) is 0.364. The minimum atomic E-state index is -4.64. The van der Waals surface area contributed by atoms with Crippen LogP contribution in [0.5, 0.6) is 0 Å². The second-order valence-corrected chi connectivity index (χ2v) is 9.16. The predicted molar refractivity (Wildman–Crippen MR) is 118 cm³/mol. The predicted octanol–water partition coefficient (Wildman–Crippen LogP) is 3.48. The summed E-state index contributed by atoms with van der Waals surface area (Å²) in [6, 6.07) is 9.22. The quantitative estimate of drug-likeness (QED) is 0.569. The smallest absolute Gasteiger partial charge is 0.334 e. The Morgan fingerprint density at radius 3 is 2.30 bits per heavy atom. The molecule has 2 aromatic rings. The van der Waals surface area contributed by atoms with E-state index in [1.54, 1.807) is 19.9 Å². The summed E-state index contributed by atoms with van der Waals surface area (Å²) >= 11 is 0. The maximum Gasteiger partial charge on any atom is 0.418 e. The molecule has 0 bridgehead atoms. The molecule has 0 heterocycles. The monoisotopic (exact) mass is 485 g/mol. The van der Waals surface area contributed by atoms with Gasteiger partial charge in [-0.3, -0.25) is 9.59 Å². The molecule has 7 nitrogen and oxygen atoms in total. The van der Waals surface area contributed by atoms with Gasteiger partial charge in [-0.15, -0.1) is 0 Å². The number of likely N-dealkylation sites (N-methyl/N-ethyl adjacent to an activating group) is 1. The van der Waals surface area contributed by atoms with E-state index in [2.05, 4.69) is 10.0 Å². The minimum absolute atomic E-state index is 0.0769. The van der Waals surface area contributed by atoms with Crippen LogP contribution in [0.3, 0.4) is 0 Å². The number of nitrogens with zero attached hydrogens (tertiary/aromatic N) is 1. The zero-order chi connectivity index (χ0) is 24.8. The Bertz CT molecular complexity index is 1120. The number of hydrogen-bond donors (Lipinski definition) is 2. The third kappa shape index (κ3) is 7.29. The van der Waals surface area contributed by atoms with E-state index in [0.29, 0.717) is 0 Å². The lowest BCUT2D eigenvalue weighted by Gasteiger charge is -2.21. The highest BCUT2D eigenvalue weighted by atomic mass is 32.2. The van der Waals surface area contributed by atoms with Gasteiger partial charge in [0, 0.05) is 19.5 Å². The summed E-state index contributed by atoms with van der Waals surface area (Å²) in [5.74, 6) is -1.31. The standard InChI is InChI=1S/C22H26F3N3O4S/c1-4-28(14-20(29)27-19-8-6-5-7-18(19)22(23,24)25)21(30)11-12-26-33(31,32)17-10-9-15(2)16(3)13-17/h5-10,13,26H,4,11-12,14H2,1-3H3,(H,27,29). The van der Waals surface area contributed by atoms with E-state index in [1.807, 2.05) is 6.92 Å². The van der Waals surface area contributed by atoms with Gasteiger partial charge in [-0.2, -0.15) is 13.2 Å². The number of hydrogen-bond acceptors (Lipinski definition) is 4. The summed E-state index contributed by atoms with van der Waals surface area (Å²) in [6.07, 6.45) is -4.86. The lowest BCUT2D eigenvalue weighted by molar-refractivity contribution is -0.137. The van der Waals surface area contributed by atoms with Crippen molar-refractivity contribution in [1.29, 1.82) is 0 Å². The maximum absolute atomic E-state index is 13.1. The molecular formula is C22H26F3N3O4S. The average Bonchev–Trinajstić information content (AvgIpc) is 2.73. The molecule has 0 radical (unpaired) electrons. The van der Waals surface area contributed by atoms with Crippen molar-refractivity contribution in [3.8, 4) is 0 Å². The molecule has 0 aliphatic carbocycles. The van der Waals surface area contributed by atoms with Crippen LogP contribution in [0, 0.1) is 13.8 Å². The zero-order valence-electron chi connectivity index (χ0n) is 18.5. The first-order valence-corrected chi connectivity index (χ1v) is 11.6. The van der Waals surface area contributed by atoms with Crippen molar-refractivity contribution in [3.63, 3.8) is 0 Å². The molecule has 0 spiro atoms. The number of halogens is 3. The molecule has 0 aliphatic rings. The number of alkyl halides is 3. The topological polar surface area (TPSA) is 95.6 Å². The van der Waals surface area contributed by atoms with Crippen LogP contribution in [-0.4, -0.2) is 44.8 Å². The highest BCUT2D eigenvalue weighted by molar-refractivity contribution is 7.89. The number of benzene rings is 2. The summed E-state index contributed by atoms with van der Waals surface area (Å²) in [6.45, 7) is 4.71. The molecule has 0 aliphatic heterocycles. The summed E-state index contributed by atoms with van der Waals surface area (Å²) in [7, 11) is -3.82. The van der Waals surface area contributed by atoms with Crippen LogP contribution in [0.2, 0.25) is 0 Å². The highest BCUT2D eigenvalue weighted by Crippen LogP contribution is 2.34. The zero-order valence-corrected chi connectivity index (χ0v) is 19.3. The second kappa shape index (κ2) is 10.8. The highest BCUT2D eigenvalue weighted by Gasteiger charge is 2.33. The molecule has 0 fully saturated rings. The van der Waals surface area contributed by atoms with Crippen molar-refractivity contribution in [2.24, 2.45) is 0 Å². The van der Waals surface area contributed by atoms with Crippen molar-refractivity contribution in [2.45, 2.75) is 38.3 Å². The van der Waals surface area contributed by atoms with E-state index in [-0.39, 0.29) is 24.4 Å². The Balaban J connectivity index is 1.95. The summed E-state index contributed by atoms with van der Waals surface area (Å²) < 4.78 is 66.4. The van der Waals surface area contributed by atoms with E-state index in [0.717, 1.165) is 28.2 Å². The lowest BCUT2D eigenvalue weighted by atomic mass is 10.1. The van der Waals surface area contributed by atoms with E-state index >= 15 is 0 Å². The van der Waals surface area contributed by atoms with Gasteiger partial charge >= 0.3 is 6.18 Å². The fourth-order valence-electron chi connectivity index (χ4n) is 2.99. The van der Waals surface area contributed by atoms with Crippen LogP contribution in [0.25, 0.3) is 0 Å². The van der Waals surface area contributed by atoms with Crippen LogP contribution in [0.1, 0.15) is 30.0 Å². The number of carbonyl (C=O) groups is 2. The number of aryl methyl sites for hydroxylation is 2. The van der Waals surface area contributed by atoms with Crippen LogP contribution in [0.15, 0.2) is 47.4 Å². The van der Waals surface area contributed by atoms with Crippen molar-refractivity contribution in [3.05, 3.63) is 59.2 Å². The number of rotatable bonds is 9. The number of para-hydroxylation sites is 1. The molecule has 0 unspecified atom stereocenters. The van der Waals surface area contributed by atoms with Gasteiger partial charge in [0.25, 0.3) is 0 Å². The fourth-order valence-corrected chi connectivity index (χ4v) is 4.11. The number of nitrogens with one attached hydrogen (secondary N) is 2. The molecule has 2 amide bonds. The molecule has 2 rings (SSSR count). The van der Waals surface area contributed by atoms with Crippen molar-refractivity contribution < 1.29 is 31.2 Å². The van der Waals surface area contributed by atoms with Crippen molar-refractivity contribution >= 4 is 27.5 Å². The molecule has 180 valence electrons. The Hall–Kier alpha value is -2.92. The van der Waals surface area contributed by atoms with Gasteiger partial charge in [0.05, 0.1) is 22.7 Å². The Labute approximate surface area is 191 Å². The number of anilines is 1. The largest absolute Gasteiger partial charge is 0.418 e. The number of carbonyl (C=O) groups excluding carboxylic acids is 2. The van der Waals surface area contributed by atoms with Crippen molar-refractivity contribution in [1.82, 2.24) is 9.62 Å². The molecule has 2 aromatic carbocycles. The van der Waals surface area contributed by atoms with Crippen LogP contribution in [-0.2, 0) is 25.8 Å². The normalized spacial score (nSPS) is 11.8. The minimum Gasteiger partial charge on any atom is -0.334 e. The lowest BCUT2D eigenvalue weighted by Crippen LogP contribution is -2.39. The first-order valence-electron chi connectivity index (χ1n) is 10.2. The maximum atomic E-state index is 13.1. The Morgan fingerprint density at radius 1 is 1.03 bits per heavy atom. The molecule has 0 saturated heterocycles. The SMILES string of the molecule is CCN(CC(=O)Nc1ccccc1C(F)(F)F)C(=O)CCNS(=O)(=O)c1ccc(C)c(C)c1. The Kier molecular flexibility index (Phi) is 8.62. The van der Waals surface area contributed by atoms with Crippen LogP contribution < -0.4 is 10.0 Å². The number of amides is 2. The molecule has 0 saturated carbocycles. The molecular weight excluding hydrogens is 459 g/mol. The summed E-state index contributed by atoms with van der Waals surface area (Å²) in [5, 5.41) is 2.18. The second-order valence-electron chi connectivity index (χ2n) is 7.39. The van der Waals surface area contributed by atoms with Gasteiger partial charge in [0.1, 0.15) is 0 Å². The van der Waals surface area contributed by atoms with Gasteiger partial charge in [-0.25, -0.2) is 13.1 Å². The molecule has 0 aromatic heterocycles.